The Morgan fingerprint density at radius 3 is 1.06 bits per heavy atom. The molecule has 0 aliphatic carbocycles. The van der Waals surface area contributed by atoms with Crippen molar-refractivity contribution in [3.8, 4) is 0 Å². The first-order valence-corrected chi connectivity index (χ1v) is 20.8. The number of hydrogen-bond acceptors (Lipinski definition) is 6. The molecular formula is C40H54CaO6S2. The van der Waals surface area contributed by atoms with Crippen molar-refractivity contribution in [1.29, 1.82) is 0 Å². The standard InChI is InChI=1S/2C20H28O3S.Ca/c2*1-3-5-7-9-16-11-13-18-19(15-16)17(10-8-6-4-2)12-14-20(18)24(21,22)23;/h2*11-15H,3-10H2,1-2H3,(H,21,22,23);/q;;+2/p-2. The second-order valence-electron chi connectivity index (χ2n) is 12.9. The van der Waals surface area contributed by atoms with Gasteiger partial charge in [0.1, 0.15) is 20.2 Å². The molecule has 0 radical (unpaired) electrons. The largest absolute Gasteiger partial charge is 2.00 e. The summed E-state index contributed by atoms with van der Waals surface area (Å²) in [5, 5.41) is 2.99. The van der Waals surface area contributed by atoms with E-state index < -0.39 is 20.2 Å². The minimum Gasteiger partial charge on any atom is -0.744 e. The van der Waals surface area contributed by atoms with E-state index in [0.717, 1.165) is 98.9 Å². The van der Waals surface area contributed by atoms with Crippen LogP contribution in [-0.4, -0.2) is 63.7 Å². The van der Waals surface area contributed by atoms with Crippen LogP contribution < -0.4 is 0 Å². The zero-order valence-corrected chi connectivity index (χ0v) is 33.9. The molecule has 0 spiro atoms. The van der Waals surface area contributed by atoms with Crippen LogP contribution in [0.1, 0.15) is 127 Å². The van der Waals surface area contributed by atoms with Crippen molar-refractivity contribution in [1.82, 2.24) is 0 Å². The first-order valence-electron chi connectivity index (χ1n) is 17.9. The quantitative estimate of drug-likeness (QED) is 0.0571. The van der Waals surface area contributed by atoms with Gasteiger partial charge in [-0.1, -0.05) is 128 Å². The molecular weight excluding hydrogens is 681 g/mol. The summed E-state index contributed by atoms with van der Waals surface area (Å²) in [4.78, 5) is -0.200. The van der Waals surface area contributed by atoms with E-state index in [1.807, 2.05) is 36.4 Å². The molecule has 6 nitrogen and oxygen atoms in total. The summed E-state index contributed by atoms with van der Waals surface area (Å²) in [5.74, 6) is 0. The van der Waals surface area contributed by atoms with Gasteiger partial charge in [0, 0.05) is 0 Å². The molecule has 0 N–H and O–H groups in total. The van der Waals surface area contributed by atoms with Crippen LogP contribution in [-0.2, 0) is 45.9 Å². The van der Waals surface area contributed by atoms with E-state index in [0.29, 0.717) is 10.8 Å². The van der Waals surface area contributed by atoms with Gasteiger partial charge in [-0.05, 0) is 107 Å². The number of aryl methyl sites for hydroxylation is 4. The van der Waals surface area contributed by atoms with Crippen LogP contribution >= 0.6 is 0 Å². The molecule has 0 saturated heterocycles. The van der Waals surface area contributed by atoms with Crippen LogP contribution in [0.5, 0.6) is 0 Å². The maximum atomic E-state index is 11.6. The summed E-state index contributed by atoms with van der Waals surface area (Å²) in [5.41, 5.74) is 4.72. The number of benzene rings is 4. The van der Waals surface area contributed by atoms with Crippen molar-refractivity contribution < 1.29 is 25.9 Å². The maximum absolute atomic E-state index is 11.6. The van der Waals surface area contributed by atoms with Gasteiger partial charge in [0.2, 0.25) is 0 Å². The van der Waals surface area contributed by atoms with Gasteiger partial charge in [0.15, 0.2) is 0 Å². The van der Waals surface area contributed by atoms with Gasteiger partial charge < -0.3 is 9.11 Å². The maximum Gasteiger partial charge on any atom is 2.00 e. The molecule has 0 saturated carbocycles. The van der Waals surface area contributed by atoms with E-state index in [1.165, 1.54) is 48.9 Å². The van der Waals surface area contributed by atoms with Crippen molar-refractivity contribution in [3.05, 3.63) is 82.9 Å². The first kappa shape index (κ1) is 43.6. The predicted octanol–water partition coefficient (Wildman–Crippen LogP) is 10.0. The topological polar surface area (TPSA) is 114 Å². The normalized spacial score (nSPS) is 11.7. The molecule has 4 aromatic carbocycles. The van der Waals surface area contributed by atoms with E-state index in [-0.39, 0.29) is 47.5 Å². The minimum atomic E-state index is -4.46. The molecule has 0 aliphatic heterocycles. The SMILES string of the molecule is CCCCCc1ccc2c(S(=O)(=O)[O-])ccc(CCCCC)c2c1.CCCCCc1ccc2c(S(=O)(=O)[O-])ccc(CCCCC)c2c1.[Ca+2]. The van der Waals surface area contributed by atoms with Crippen LogP contribution in [0.25, 0.3) is 21.5 Å². The Labute approximate surface area is 326 Å². The van der Waals surface area contributed by atoms with Crippen LogP contribution in [0.4, 0.5) is 0 Å². The van der Waals surface area contributed by atoms with Gasteiger partial charge in [-0.15, -0.1) is 0 Å². The van der Waals surface area contributed by atoms with Crippen molar-refractivity contribution in [2.24, 2.45) is 0 Å². The Bertz CT molecular complexity index is 1700. The second-order valence-corrected chi connectivity index (χ2v) is 15.6. The van der Waals surface area contributed by atoms with Crippen LogP contribution in [0.3, 0.4) is 0 Å². The average molecular weight is 735 g/mol. The third-order valence-corrected chi connectivity index (χ3v) is 10.8. The van der Waals surface area contributed by atoms with Gasteiger partial charge in [-0.25, -0.2) is 16.8 Å². The van der Waals surface area contributed by atoms with E-state index in [2.05, 4.69) is 39.8 Å². The third kappa shape index (κ3) is 13.5. The summed E-state index contributed by atoms with van der Waals surface area (Å²) in [6.45, 7) is 8.68. The minimum absolute atomic E-state index is 0. The molecule has 0 fully saturated rings. The predicted molar refractivity (Wildman–Crippen MR) is 202 cm³/mol. The Kier molecular flexibility index (Phi) is 19.4. The molecule has 4 aromatic rings. The summed E-state index contributed by atoms with van der Waals surface area (Å²) < 4.78 is 69.4. The third-order valence-electron chi connectivity index (χ3n) is 9.04. The smallest absolute Gasteiger partial charge is 0.744 e. The molecule has 0 aromatic heterocycles. The molecule has 0 heterocycles. The second kappa shape index (κ2) is 21.8. The number of hydrogen-bond donors (Lipinski definition) is 0. The Morgan fingerprint density at radius 2 is 0.755 bits per heavy atom. The molecule has 0 atom stereocenters. The first-order chi connectivity index (χ1) is 22.9. The summed E-state index contributed by atoms with van der Waals surface area (Å²) in [7, 11) is -8.91. The fraction of sp³-hybridized carbons (Fsp3) is 0.500. The van der Waals surface area contributed by atoms with Crippen LogP contribution in [0.2, 0.25) is 0 Å². The summed E-state index contributed by atoms with van der Waals surface area (Å²) in [6.07, 6.45) is 17.6. The van der Waals surface area contributed by atoms with Crippen LogP contribution in [0, 0.1) is 0 Å². The van der Waals surface area contributed by atoms with Gasteiger partial charge in [0.05, 0.1) is 9.79 Å². The molecule has 0 unspecified atom stereocenters. The van der Waals surface area contributed by atoms with E-state index in [4.69, 9.17) is 0 Å². The fourth-order valence-corrected chi connectivity index (χ4v) is 7.69. The van der Waals surface area contributed by atoms with Crippen molar-refractivity contribution >= 4 is 79.5 Å². The van der Waals surface area contributed by atoms with Crippen LogP contribution in [0.15, 0.2) is 70.5 Å². The zero-order valence-electron chi connectivity index (χ0n) is 30.1. The van der Waals surface area contributed by atoms with Gasteiger partial charge in [0.25, 0.3) is 0 Å². The van der Waals surface area contributed by atoms with Gasteiger partial charge in [-0.3, -0.25) is 0 Å². The number of fused-ring (bicyclic) bond motifs is 2. The molecule has 0 bridgehead atoms. The fourth-order valence-electron chi connectivity index (χ4n) is 6.33. The Hall–Kier alpha value is -1.52. The molecule has 0 aliphatic rings. The van der Waals surface area contributed by atoms with Crippen molar-refractivity contribution in [2.75, 3.05) is 0 Å². The van der Waals surface area contributed by atoms with E-state index in [9.17, 15) is 25.9 Å². The van der Waals surface area contributed by atoms with Gasteiger partial charge >= 0.3 is 37.7 Å². The summed E-state index contributed by atoms with van der Waals surface area (Å²) in [6, 6.07) is 18.3. The molecule has 4 rings (SSSR count). The molecule has 0 amide bonds. The van der Waals surface area contributed by atoms with Crippen molar-refractivity contribution in [2.45, 2.75) is 140 Å². The Morgan fingerprint density at radius 1 is 0.429 bits per heavy atom. The van der Waals surface area contributed by atoms with E-state index in [1.54, 1.807) is 0 Å². The number of rotatable bonds is 18. The summed E-state index contributed by atoms with van der Waals surface area (Å²) >= 11 is 0. The number of unbranched alkanes of at least 4 members (excludes halogenated alkanes) is 8. The van der Waals surface area contributed by atoms with Crippen molar-refractivity contribution in [3.63, 3.8) is 0 Å². The molecule has 9 heteroatoms. The van der Waals surface area contributed by atoms with E-state index >= 15 is 0 Å². The molecule has 264 valence electrons. The zero-order chi connectivity index (χ0) is 35.2. The monoisotopic (exact) mass is 734 g/mol. The average Bonchev–Trinajstić information content (AvgIpc) is 3.04. The molecule has 49 heavy (non-hydrogen) atoms. The Balaban J connectivity index is 0.000000333. The van der Waals surface area contributed by atoms with Gasteiger partial charge in [-0.2, -0.15) is 0 Å².